The minimum atomic E-state index is 0.331. The Labute approximate surface area is 209 Å². The Balaban J connectivity index is 1.29. The minimum Gasteiger partial charge on any atom is -0.367 e. The topological polar surface area (TPSA) is 123 Å². The molecule has 0 radical (unpaired) electrons. The van der Waals surface area contributed by atoms with Crippen LogP contribution in [0.3, 0.4) is 0 Å². The van der Waals surface area contributed by atoms with Crippen molar-refractivity contribution < 1.29 is 0 Å². The molecule has 2 fully saturated rings. The molecule has 0 atom stereocenters. The Morgan fingerprint density at radius 1 is 1.08 bits per heavy atom. The van der Waals surface area contributed by atoms with E-state index >= 15 is 0 Å². The van der Waals surface area contributed by atoms with Gasteiger partial charge in [0.05, 0.1) is 11.8 Å². The molecule has 4 heterocycles. The second-order valence-corrected chi connectivity index (χ2v) is 9.58. The summed E-state index contributed by atoms with van der Waals surface area (Å²) in [5, 5.41) is 31.1. The molecule has 10 heteroatoms. The molecule has 36 heavy (non-hydrogen) atoms. The number of imidazole rings is 1. The largest absolute Gasteiger partial charge is 0.367 e. The molecule has 0 spiro atoms. The van der Waals surface area contributed by atoms with Gasteiger partial charge in [-0.1, -0.05) is 6.42 Å². The number of piperidine rings is 1. The van der Waals surface area contributed by atoms with Crippen molar-refractivity contribution in [2.45, 2.75) is 51.1 Å². The number of nitrogens with zero attached hydrogens (tertiary/aromatic N) is 8. The molecule has 4 aromatic rings. The van der Waals surface area contributed by atoms with Crippen molar-refractivity contribution in [3.63, 3.8) is 0 Å². The van der Waals surface area contributed by atoms with E-state index in [0.717, 1.165) is 48.6 Å². The zero-order valence-corrected chi connectivity index (χ0v) is 20.3. The summed E-state index contributed by atoms with van der Waals surface area (Å²) in [7, 11) is 0. The Hall–Kier alpha value is -4.15. The van der Waals surface area contributed by atoms with Gasteiger partial charge in [-0.15, -0.1) is 5.10 Å². The predicted octanol–water partition coefficient (Wildman–Crippen LogP) is 4.19. The van der Waals surface area contributed by atoms with Crippen molar-refractivity contribution >= 4 is 34.0 Å². The first-order valence-corrected chi connectivity index (χ1v) is 12.6. The highest BCUT2D eigenvalue weighted by molar-refractivity contribution is 5.90. The van der Waals surface area contributed by atoms with Crippen LogP contribution in [0, 0.1) is 22.7 Å². The molecule has 1 saturated carbocycles. The van der Waals surface area contributed by atoms with Gasteiger partial charge in [-0.3, -0.25) is 0 Å². The second-order valence-electron chi connectivity index (χ2n) is 9.58. The van der Waals surface area contributed by atoms with Crippen LogP contribution in [0.5, 0.6) is 0 Å². The monoisotopic (exact) mass is 480 g/mol. The molecule has 0 unspecified atom stereocenters. The molecule has 0 amide bonds. The molecular weight excluding hydrogens is 452 g/mol. The minimum absolute atomic E-state index is 0.331. The smallest absolute Gasteiger partial charge is 0.247 e. The maximum Gasteiger partial charge on any atom is 0.247 e. The molecular formula is C26H28N10. The Morgan fingerprint density at radius 2 is 1.92 bits per heavy atom. The number of hydrogen-bond acceptors (Lipinski definition) is 8. The van der Waals surface area contributed by atoms with E-state index in [1.807, 2.05) is 25.3 Å². The fourth-order valence-corrected chi connectivity index (χ4v) is 5.43. The van der Waals surface area contributed by atoms with Crippen LogP contribution >= 0.6 is 0 Å². The first-order valence-electron chi connectivity index (χ1n) is 12.6. The number of benzene rings is 1. The first kappa shape index (κ1) is 22.3. The average molecular weight is 481 g/mol. The van der Waals surface area contributed by atoms with Crippen LogP contribution in [0.2, 0.25) is 0 Å². The molecule has 1 aromatic carbocycles. The third-order valence-corrected chi connectivity index (χ3v) is 7.51. The van der Waals surface area contributed by atoms with Crippen LogP contribution in [0.4, 0.5) is 17.5 Å². The summed E-state index contributed by atoms with van der Waals surface area (Å²) in [5.41, 5.74) is 3.35. The lowest BCUT2D eigenvalue weighted by atomic mass is 9.89. The fraction of sp³-hybridized carbons (Fsp3) is 0.423. The van der Waals surface area contributed by atoms with Gasteiger partial charge in [0.1, 0.15) is 12.1 Å². The van der Waals surface area contributed by atoms with Crippen LogP contribution < -0.4 is 10.6 Å². The summed E-state index contributed by atoms with van der Waals surface area (Å²) >= 11 is 0. The predicted molar refractivity (Wildman–Crippen MR) is 137 cm³/mol. The van der Waals surface area contributed by atoms with Crippen molar-refractivity contribution in [2.24, 2.45) is 0 Å². The van der Waals surface area contributed by atoms with E-state index < -0.39 is 0 Å². The number of likely N-dealkylation sites (tertiary alicyclic amines) is 1. The van der Waals surface area contributed by atoms with E-state index in [1.54, 1.807) is 0 Å². The van der Waals surface area contributed by atoms with Crippen molar-refractivity contribution in [3.05, 3.63) is 41.9 Å². The Morgan fingerprint density at radius 3 is 2.61 bits per heavy atom. The number of nitrogens with one attached hydrogen (secondary N) is 2. The highest BCUT2D eigenvalue weighted by atomic mass is 15.4. The lowest BCUT2D eigenvalue weighted by molar-refractivity contribution is 0.0875. The van der Waals surface area contributed by atoms with Crippen molar-refractivity contribution in [1.82, 2.24) is 29.0 Å². The van der Waals surface area contributed by atoms with E-state index in [2.05, 4.69) is 53.4 Å². The molecule has 2 N–H and O–H groups in total. The quantitative estimate of drug-likeness (QED) is 0.421. The fourth-order valence-electron chi connectivity index (χ4n) is 5.43. The molecule has 0 bridgehead atoms. The molecule has 10 nitrogen and oxygen atoms in total. The zero-order chi connectivity index (χ0) is 24.6. The van der Waals surface area contributed by atoms with Crippen LogP contribution in [0.15, 0.2) is 30.6 Å². The maximum absolute atomic E-state index is 9.86. The van der Waals surface area contributed by atoms with Gasteiger partial charge < -0.3 is 20.1 Å². The summed E-state index contributed by atoms with van der Waals surface area (Å²) in [6.07, 6.45) is 9.77. The van der Waals surface area contributed by atoms with Gasteiger partial charge in [0.25, 0.3) is 0 Å². The van der Waals surface area contributed by atoms with E-state index in [9.17, 15) is 10.5 Å². The van der Waals surface area contributed by atoms with Crippen molar-refractivity contribution in [3.8, 4) is 12.1 Å². The van der Waals surface area contributed by atoms with Gasteiger partial charge in [0.15, 0.2) is 17.2 Å². The lowest BCUT2D eigenvalue weighted by Crippen LogP contribution is -2.45. The maximum atomic E-state index is 9.86. The number of anilines is 3. The summed E-state index contributed by atoms with van der Waals surface area (Å²) < 4.78 is 3.78. The molecule has 6 rings (SSSR count). The van der Waals surface area contributed by atoms with E-state index in [-0.39, 0.29) is 0 Å². The van der Waals surface area contributed by atoms with Gasteiger partial charge >= 0.3 is 0 Å². The average Bonchev–Trinajstić information content (AvgIpc) is 3.45. The van der Waals surface area contributed by atoms with E-state index in [0.29, 0.717) is 41.3 Å². The summed E-state index contributed by atoms with van der Waals surface area (Å²) in [4.78, 5) is 11.5. The summed E-state index contributed by atoms with van der Waals surface area (Å²) in [5.74, 6) is 0.892. The molecule has 1 aliphatic carbocycles. The van der Waals surface area contributed by atoms with Crippen molar-refractivity contribution in [2.75, 3.05) is 30.3 Å². The van der Waals surface area contributed by atoms with Crippen LogP contribution in [0.1, 0.15) is 56.3 Å². The number of rotatable bonds is 6. The Bertz CT molecular complexity index is 1510. The second kappa shape index (κ2) is 9.14. The van der Waals surface area contributed by atoms with E-state index in [1.165, 1.54) is 30.0 Å². The van der Waals surface area contributed by atoms with Gasteiger partial charge in [-0.05, 0) is 50.8 Å². The van der Waals surface area contributed by atoms with Gasteiger partial charge in [-0.25, -0.2) is 4.98 Å². The molecule has 1 aliphatic heterocycles. The van der Waals surface area contributed by atoms with Crippen LogP contribution in [-0.4, -0.2) is 54.7 Å². The third kappa shape index (κ3) is 3.80. The summed E-state index contributed by atoms with van der Waals surface area (Å²) in [6, 6.07) is 11.7. The normalized spacial score (nSPS) is 17.1. The van der Waals surface area contributed by atoms with Gasteiger partial charge in [0, 0.05) is 54.5 Å². The number of aromatic nitrogens is 5. The lowest BCUT2D eigenvalue weighted by Gasteiger charge is -2.42. The highest BCUT2D eigenvalue weighted by Gasteiger charge is 2.30. The number of nitriles is 2. The van der Waals surface area contributed by atoms with Gasteiger partial charge in [0.2, 0.25) is 5.95 Å². The number of fused-ring (bicyclic) bond motifs is 2. The van der Waals surface area contributed by atoms with Crippen LogP contribution in [-0.2, 0) is 0 Å². The third-order valence-electron chi connectivity index (χ3n) is 7.51. The number of hydrogen-bond donors (Lipinski definition) is 2. The first-order chi connectivity index (χ1) is 17.7. The Kier molecular flexibility index (Phi) is 5.67. The summed E-state index contributed by atoms with van der Waals surface area (Å²) in [6.45, 7) is 4.89. The van der Waals surface area contributed by atoms with Gasteiger partial charge in [-0.2, -0.15) is 20.0 Å². The highest BCUT2D eigenvalue weighted by Crippen LogP contribution is 2.34. The SMILES string of the molecule is CCNc1nc(Nc2ccc3c(c2)c(C#N)cn3C2CCN(C3CCC3)CC2)nn2c(C#N)cnc12. The zero-order valence-electron chi connectivity index (χ0n) is 20.3. The van der Waals surface area contributed by atoms with Crippen LogP contribution in [0.25, 0.3) is 16.6 Å². The molecule has 182 valence electrons. The van der Waals surface area contributed by atoms with E-state index in [4.69, 9.17) is 0 Å². The molecule has 1 saturated heterocycles. The molecule has 3 aromatic heterocycles. The standard InChI is InChI=1S/C26H28N10/c1-2-29-24-25-30-15-21(14-28)36(25)33-26(32-24)31-18-6-7-23-22(12-18)17(13-27)16-35(23)20-8-10-34(11-9-20)19-4-3-5-19/h6-7,12,15-16,19-20H,2-5,8-11H2,1H3,(H2,29,31,32,33). The van der Waals surface area contributed by atoms with Crippen molar-refractivity contribution in [1.29, 1.82) is 10.5 Å². The molecule has 2 aliphatic rings.